The highest BCUT2D eigenvalue weighted by atomic mass is 79.9. The third-order valence-corrected chi connectivity index (χ3v) is 7.45. The molecule has 1 aromatic heterocycles. The first-order valence-electron chi connectivity index (χ1n) is 9.96. The molecular weight excluding hydrogens is 588 g/mol. The number of hydrogen-bond donors (Lipinski definition) is 0. The lowest BCUT2D eigenvalue weighted by atomic mass is 10.1. The van der Waals surface area contributed by atoms with Crippen molar-refractivity contribution in [1.82, 2.24) is 4.68 Å². The van der Waals surface area contributed by atoms with Gasteiger partial charge in [-0.2, -0.15) is 5.01 Å². The molecule has 2 aromatic carbocycles. The van der Waals surface area contributed by atoms with Crippen LogP contribution in [0.3, 0.4) is 0 Å². The minimum Gasteiger partial charge on any atom is -0.493 e. The molecule has 4 rings (SSSR count). The fourth-order valence-electron chi connectivity index (χ4n) is 3.46. The molecule has 0 saturated carbocycles. The molecule has 2 heterocycles. The smallest absolute Gasteiger partial charge is 0.285 e. The highest BCUT2D eigenvalue weighted by Crippen LogP contribution is 2.39. The van der Waals surface area contributed by atoms with E-state index in [1.54, 1.807) is 12.1 Å². The van der Waals surface area contributed by atoms with Crippen LogP contribution in [0.25, 0.3) is 6.08 Å². The van der Waals surface area contributed by atoms with Gasteiger partial charge in [-0.1, -0.05) is 39.8 Å². The number of methoxy groups -OCH3 is 1. The van der Waals surface area contributed by atoms with Crippen LogP contribution in [0.15, 0.2) is 62.4 Å². The van der Waals surface area contributed by atoms with Crippen molar-refractivity contribution in [3.05, 3.63) is 84.9 Å². The van der Waals surface area contributed by atoms with Crippen molar-refractivity contribution in [3.63, 3.8) is 0 Å². The Kier molecular flexibility index (Phi) is 7.33. The Hall–Kier alpha value is -2.07. The molecule has 0 aliphatic carbocycles. The number of carbonyl (C=O) groups excluding carboxylic acids is 1. The molecule has 0 N–H and O–H groups in total. The molecule has 1 saturated heterocycles. The van der Waals surface area contributed by atoms with E-state index in [9.17, 15) is 4.79 Å². The fraction of sp³-hybridized carbons (Fsp3) is 0.167. The molecule has 1 aliphatic rings. The third kappa shape index (κ3) is 5.06. The van der Waals surface area contributed by atoms with Crippen molar-refractivity contribution in [2.45, 2.75) is 20.5 Å². The second-order valence-corrected chi connectivity index (χ2v) is 10.8. The number of nitrogens with zero attached hydrogens (tertiary/aromatic N) is 2. The minimum atomic E-state index is -0.155. The maximum Gasteiger partial charge on any atom is 0.285 e. The summed E-state index contributed by atoms with van der Waals surface area (Å²) in [6.45, 7) is 4.30. The lowest BCUT2D eigenvalue weighted by Gasteiger charge is -2.20. The van der Waals surface area contributed by atoms with E-state index in [0.717, 1.165) is 31.5 Å². The summed E-state index contributed by atoms with van der Waals surface area (Å²) in [5.41, 5.74) is 3.73. The van der Waals surface area contributed by atoms with Crippen LogP contribution in [0.2, 0.25) is 0 Å². The topological polar surface area (TPSA) is 43.7 Å². The summed E-state index contributed by atoms with van der Waals surface area (Å²) < 4.78 is 15.7. The van der Waals surface area contributed by atoms with Gasteiger partial charge in [0.2, 0.25) is 0 Å². The van der Waals surface area contributed by atoms with Crippen molar-refractivity contribution < 1.29 is 14.3 Å². The van der Waals surface area contributed by atoms with Gasteiger partial charge in [-0.05, 0) is 95.6 Å². The summed E-state index contributed by atoms with van der Waals surface area (Å²) in [5.74, 6) is 1.02. The molecule has 0 spiro atoms. The summed E-state index contributed by atoms with van der Waals surface area (Å²) in [6.07, 6.45) is 1.82. The van der Waals surface area contributed by atoms with Crippen molar-refractivity contribution in [2.24, 2.45) is 0 Å². The van der Waals surface area contributed by atoms with E-state index >= 15 is 0 Å². The molecule has 3 aromatic rings. The zero-order chi connectivity index (χ0) is 23.7. The van der Waals surface area contributed by atoms with Crippen molar-refractivity contribution in [1.29, 1.82) is 0 Å². The van der Waals surface area contributed by atoms with Crippen LogP contribution >= 0.6 is 55.8 Å². The Morgan fingerprint density at radius 3 is 2.36 bits per heavy atom. The van der Waals surface area contributed by atoms with Gasteiger partial charge in [-0.3, -0.25) is 9.47 Å². The highest BCUT2D eigenvalue weighted by Gasteiger charge is 2.34. The average molecular weight is 608 g/mol. The maximum atomic E-state index is 13.2. The largest absolute Gasteiger partial charge is 0.493 e. The first-order chi connectivity index (χ1) is 15.8. The number of aromatic nitrogens is 1. The van der Waals surface area contributed by atoms with Gasteiger partial charge in [-0.25, -0.2) is 0 Å². The summed E-state index contributed by atoms with van der Waals surface area (Å²) in [5, 5.41) is 1.54. The Morgan fingerprint density at radius 2 is 1.73 bits per heavy atom. The molecule has 0 bridgehead atoms. The number of halogens is 2. The second-order valence-electron chi connectivity index (χ2n) is 7.37. The van der Waals surface area contributed by atoms with Crippen molar-refractivity contribution in [2.75, 3.05) is 12.1 Å². The average Bonchev–Trinajstić information content (AvgIpc) is 3.24. The normalized spacial score (nSPS) is 14.9. The molecule has 9 heteroatoms. The summed E-state index contributed by atoms with van der Waals surface area (Å²) >= 11 is 13.8. The highest BCUT2D eigenvalue weighted by molar-refractivity contribution is 9.10. The third-order valence-electron chi connectivity index (χ3n) is 5.05. The second kappa shape index (κ2) is 10.0. The molecule has 0 radical (unpaired) electrons. The summed E-state index contributed by atoms with van der Waals surface area (Å²) in [4.78, 5) is 13.7. The minimum absolute atomic E-state index is 0.155. The number of thioether (sulfide) groups is 1. The first kappa shape index (κ1) is 24.1. The van der Waals surface area contributed by atoms with E-state index in [-0.39, 0.29) is 5.91 Å². The number of carbonyl (C=O) groups is 1. The monoisotopic (exact) mass is 606 g/mol. The van der Waals surface area contributed by atoms with Crippen molar-refractivity contribution in [3.8, 4) is 11.5 Å². The summed E-state index contributed by atoms with van der Waals surface area (Å²) in [6, 6.07) is 15.6. The van der Waals surface area contributed by atoms with Crippen LogP contribution in [0.4, 0.5) is 0 Å². The van der Waals surface area contributed by atoms with Gasteiger partial charge in [-0.15, -0.1) is 0 Å². The Bertz CT molecular complexity index is 1250. The molecule has 1 aliphatic heterocycles. The van der Waals surface area contributed by atoms with Crippen LogP contribution in [-0.2, 0) is 11.4 Å². The standard InChI is InChI=1S/C24H20Br2N2O3S2/c1-14-4-5-15(2)27(14)28-23(29)21(33-24(28)32)12-17-10-19(26)22(20(11-17)30-3)31-13-16-6-8-18(25)9-7-16/h4-12H,13H2,1-3H3/b21-12+. The summed E-state index contributed by atoms with van der Waals surface area (Å²) in [7, 11) is 1.59. The van der Waals surface area contributed by atoms with Gasteiger partial charge in [0.25, 0.3) is 5.91 Å². The van der Waals surface area contributed by atoms with Gasteiger partial charge < -0.3 is 9.47 Å². The molecule has 1 amide bonds. The van der Waals surface area contributed by atoms with Crippen LogP contribution in [0, 0.1) is 13.8 Å². The predicted molar refractivity (Wildman–Crippen MR) is 144 cm³/mol. The molecule has 0 unspecified atom stereocenters. The number of thiocarbonyl (C=S) groups is 1. The van der Waals surface area contributed by atoms with Crippen molar-refractivity contribution >= 4 is 72.1 Å². The Balaban J connectivity index is 1.59. The quantitative estimate of drug-likeness (QED) is 0.229. The van der Waals surface area contributed by atoms with Gasteiger partial charge >= 0.3 is 0 Å². The number of rotatable bonds is 6. The van der Waals surface area contributed by atoms with Gasteiger partial charge in [0.1, 0.15) is 6.61 Å². The maximum absolute atomic E-state index is 13.2. The molecule has 33 heavy (non-hydrogen) atoms. The fourth-order valence-corrected chi connectivity index (χ4v) is 5.54. The van der Waals surface area contributed by atoms with E-state index in [1.807, 2.05) is 73.1 Å². The number of hydrogen-bond acceptors (Lipinski definition) is 5. The molecule has 5 nitrogen and oxygen atoms in total. The van der Waals surface area contributed by atoms with Crippen LogP contribution in [0.5, 0.6) is 11.5 Å². The molecule has 0 atom stereocenters. The van der Waals surface area contributed by atoms with Gasteiger partial charge in [0, 0.05) is 15.9 Å². The first-order valence-corrected chi connectivity index (χ1v) is 12.8. The number of aryl methyl sites for hydroxylation is 2. The SMILES string of the molecule is COc1cc(/C=C2/SC(=S)N(n3c(C)ccc3C)C2=O)cc(Br)c1OCc1ccc(Br)cc1. The lowest BCUT2D eigenvalue weighted by Crippen LogP contribution is -2.39. The number of benzene rings is 2. The van der Waals surface area contributed by atoms with E-state index in [1.165, 1.54) is 11.8 Å². The van der Waals surface area contributed by atoms with E-state index in [0.29, 0.717) is 27.3 Å². The van der Waals surface area contributed by atoms with Gasteiger partial charge in [0.05, 0.1) is 16.5 Å². The zero-order valence-electron chi connectivity index (χ0n) is 18.1. The van der Waals surface area contributed by atoms with Gasteiger partial charge in [0.15, 0.2) is 15.8 Å². The number of ether oxygens (including phenoxy) is 2. The Labute approximate surface area is 219 Å². The van der Waals surface area contributed by atoms with E-state index < -0.39 is 0 Å². The molecule has 170 valence electrons. The lowest BCUT2D eigenvalue weighted by molar-refractivity contribution is -0.114. The van der Waals surface area contributed by atoms with Crippen LogP contribution in [-0.4, -0.2) is 22.0 Å². The molecule has 1 fully saturated rings. The van der Waals surface area contributed by atoms with Crippen LogP contribution in [0.1, 0.15) is 22.5 Å². The van der Waals surface area contributed by atoms with Crippen LogP contribution < -0.4 is 14.5 Å². The number of amides is 1. The van der Waals surface area contributed by atoms with E-state index in [4.69, 9.17) is 21.7 Å². The Morgan fingerprint density at radius 1 is 1.06 bits per heavy atom. The molecular formula is C24H20Br2N2O3S2. The predicted octanol–water partition coefficient (Wildman–Crippen LogP) is 6.75. The zero-order valence-corrected chi connectivity index (χ0v) is 22.9. The van der Waals surface area contributed by atoms with E-state index in [2.05, 4.69) is 31.9 Å².